The average Bonchev–Trinajstić information content (AvgIpc) is 2.47. The Balaban J connectivity index is 2.78. The van der Waals surface area contributed by atoms with Crippen LogP contribution in [0.1, 0.15) is 18.2 Å². The number of alkyl halides is 1. The van der Waals surface area contributed by atoms with Gasteiger partial charge in [0.05, 0.1) is 0 Å². The Morgan fingerprint density at radius 3 is 2.92 bits per heavy atom. The van der Waals surface area contributed by atoms with Crippen LogP contribution in [0.15, 0.2) is 21.5 Å². The Bertz CT molecular complexity index is 272. The van der Waals surface area contributed by atoms with E-state index in [1.165, 1.54) is 10.5 Å². The van der Waals surface area contributed by atoms with Crippen LogP contribution in [-0.2, 0) is 0 Å². The highest BCUT2D eigenvalue weighted by molar-refractivity contribution is 9.10. The fourth-order valence-corrected chi connectivity index (χ4v) is 2.53. The van der Waals surface area contributed by atoms with Crippen molar-refractivity contribution in [1.82, 2.24) is 0 Å². The molecule has 0 amide bonds. The lowest BCUT2D eigenvalue weighted by Gasteiger charge is -1.95. The molecule has 66 valence electrons. The normalized spacial score (nSPS) is 12.1. The molecule has 12 heavy (non-hydrogen) atoms. The van der Waals surface area contributed by atoms with Crippen LogP contribution >= 0.6 is 38.9 Å². The molecule has 1 rings (SSSR count). The molecule has 0 N–H and O–H groups in total. The Hall–Kier alpha value is 0.210. The van der Waals surface area contributed by atoms with Crippen molar-refractivity contribution in [2.75, 3.05) is 5.88 Å². The molecule has 0 aromatic carbocycles. The molecule has 1 heterocycles. The van der Waals surface area contributed by atoms with Crippen molar-refractivity contribution in [3.63, 3.8) is 0 Å². The first-order valence-corrected chi connectivity index (χ1v) is 5.96. The van der Waals surface area contributed by atoms with Crippen molar-refractivity contribution < 1.29 is 0 Å². The summed E-state index contributed by atoms with van der Waals surface area (Å²) in [4.78, 5) is 1.26. The van der Waals surface area contributed by atoms with Crippen molar-refractivity contribution in [2.45, 2.75) is 13.3 Å². The summed E-state index contributed by atoms with van der Waals surface area (Å²) in [6, 6.07) is 2.10. The van der Waals surface area contributed by atoms with Gasteiger partial charge in [0.25, 0.3) is 0 Å². The third-order valence-electron chi connectivity index (χ3n) is 1.56. The number of rotatable bonds is 3. The first kappa shape index (κ1) is 10.3. The molecule has 0 aliphatic carbocycles. The standard InChI is InChI=1S/C9H10BrClS/c1-2-7(5-11)3-9-4-8(10)6-12-9/h3-4,6H,2,5H2,1H3. The summed E-state index contributed by atoms with van der Waals surface area (Å²) in [5.74, 6) is 0.631. The smallest absolute Gasteiger partial charge is 0.0437 e. The predicted octanol–water partition coefficient (Wildman–Crippen LogP) is 4.54. The molecule has 0 aliphatic heterocycles. The second-order valence-electron chi connectivity index (χ2n) is 2.46. The lowest BCUT2D eigenvalue weighted by atomic mass is 10.2. The fourth-order valence-electron chi connectivity index (χ4n) is 0.840. The molecule has 3 heteroatoms. The molecule has 0 nitrogen and oxygen atoms in total. The minimum atomic E-state index is 0.631. The molecule has 0 spiro atoms. The zero-order chi connectivity index (χ0) is 8.97. The summed E-state index contributed by atoms with van der Waals surface area (Å²) in [5, 5.41) is 2.08. The van der Waals surface area contributed by atoms with Gasteiger partial charge >= 0.3 is 0 Å². The molecule has 0 saturated carbocycles. The van der Waals surface area contributed by atoms with E-state index in [4.69, 9.17) is 11.6 Å². The molecule has 0 bridgehead atoms. The minimum absolute atomic E-state index is 0.631. The van der Waals surface area contributed by atoms with E-state index in [9.17, 15) is 0 Å². The van der Waals surface area contributed by atoms with Gasteiger partial charge in [0, 0.05) is 20.6 Å². The van der Waals surface area contributed by atoms with Crippen molar-refractivity contribution in [1.29, 1.82) is 0 Å². The summed E-state index contributed by atoms with van der Waals surface area (Å²) in [6.45, 7) is 2.12. The van der Waals surface area contributed by atoms with Crippen molar-refractivity contribution >= 4 is 44.9 Å². The second-order valence-corrected chi connectivity index (χ2v) is 4.58. The van der Waals surface area contributed by atoms with Crippen molar-refractivity contribution in [2.24, 2.45) is 0 Å². The van der Waals surface area contributed by atoms with E-state index >= 15 is 0 Å². The molecule has 0 aliphatic rings. The molecule has 1 aromatic rings. The quantitative estimate of drug-likeness (QED) is 0.704. The lowest BCUT2D eigenvalue weighted by Crippen LogP contribution is -1.79. The van der Waals surface area contributed by atoms with Gasteiger partial charge < -0.3 is 0 Å². The summed E-state index contributed by atoms with van der Waals surface area (Å²) >= 11 is 10.9. The molecule has 0 unspecified atom stereocenters. The van der Waals surface area contributed by atoms with Gasteiger partial charge in [-0.1, -0.05) is 12.5 Å². The van der Waals surface area contributed by atoms with Gasteiger partial charge in [-0.15, -0.1) is 22.9 Å². The van der Waals surface area contributed by atoms with Gasteiger partial charge in [-0.25, -0.2) is 0 Å². The highest BCUT2D eigenvalue weighted by Gasteiger charge is 1.96. The van der Waals surface area contributed by atoms with Gasteiger partial charge in [-0.05, 0) is 34.5 Å². The summed E-state index contributed by atoms with van der Waals surface area (Å²) in [7, 11) is 0. The zero-order valence-electron chi connectivity index (χ0n) is 6.81. The zero-order valence-corrected chi connectivity index (χ0v) is 9.97. The summed E-state index contributed by atoms with van der Waals surface area (Å²) in [5.41, 5.74) is 1.28. The molecule has 0 saturated heterocycles. The van der Waals surface area contributed by atoms with Crippen LogP contribution < -0.4 is 0 Å². The van der Waals surface area contributed by atoms with E-state index in [2.05, 4.69) is 40.4 Å². The molecular weight excluding hydrogens is 256 g/mol. The average molecular weight is 266 g/mol. The van der Waals surface area contributed by atoms with Crippen LogP contribution in [0.3, 0.4) is 0 Å². The summed E-state index contributed by atoms with van der Waals surface area (Å²) < 4.78 is 1.14. The second kappa shape index (κ2) is 5.05. The van der Waals surface area contributed by atoms with Crippen LogP contribution in [0, 0.1) is 0 Å². The van der Waals surface area contributed by atoms with Crippen LogP contribution in [-0.4, -0.2) is 5.88 Å². The fraction of sp³-hybridized carbons (Fsp3) is 0.333. The monoisotopic (exact) mass is 264 g/mol. The molecule has 0 fully saturated rings. The van der Waals surface area contributed by atoms with Gasteiger partial charge in [-0.3, -0.25) is 0 Å². The van der Waals surface area contributed by atoms with E-state index in [0.29, 0.717) is 5.88 Å². The molecule has 0 radical (unpaired) electrons. The van der Waals surface area contributed by atoms with E-state index in [0.717, 1.165) is 10.9 Å². The van der Waals surface area contributed by atoms with E-state index in [1.54, 1.807) is 11.3 Å². The number of hydrogen-bond acceptors (Lipinski definition) is 1. The van der Waals surface area contributed by atoms with E-state index in [1.807, 2.05) is 0 Å². The van der Waals surface area contributed by atoms with Crippen LogP contribution in [0.2, 0.25) is 0 Å². The first-order valence-electron chi connectivity index (χ1n) is 3.75. The lowest BCUT2D eigenvalue weighted by molar-refractivity contribution is 1.12. The third-order valence-corrected chi connectivity index (χ3v) is 3.54. The van der Waals surface area contributed by atoms with Gasteiger partial charge in [-0.2, -0.15) is 0 Å². The molecular formula is C9H10BrClS. The largest absolute Gasteiger partial charge is 0.143 e. The maximum atomic E-state index is 5.75. The van der Waals surface area contributed by atoms with Gasteiger partial charge in [0.2, 0.25) is 0 Å². The maximum absolute atomic E-state index is 5.75. The maximum Gasteiger partial charge on any atom is 0.0437 e. The Morgan fingerprint density at radius 1 is 1.75 bits per heavy atom. The van der Waals surface area contributed by atoms with Crippen LogP contribution in [0.5, 0.6) is 0 Å². The van der Waals surface area contributed by atoms with E-state index in [-0.39, 0.29) is 0 Å². The Kier molecular flexibility index (Phi) is 4.33. The van der Waals surface area contributed by atoms with Crippen LogP contribution in [0.4, 0.5) is 0 Å². The summed E-state index contributed by atoms with van der Waals surface area (Å²) in [6.07, 6.45) is 3.18. The number of thiophene rings is 1. The SMILES string of the molecule is CCC(=Cc1cc(Br)cs1)CCl. The number of hydrogen-bond donors (Lipinski definition) is 0. The predicted molar refractivity (Wildman–Crippen MR) is 61.0 cm³/mol. The van der Waals surface area contributed by atoms with Crippen LogP contribution in [0.25, 0.3) is 6.08 Å². The first-order chi connectivity index (χ1) is 5.76. The number of allylic oxidation sites excluding steroid dienone is 1. The highest BCUT2D eigenvalue weighted by Crippen LogP contribution is 2.22. The Labute approximate surface area is 90.4 Å². The van der Waals surface area contributed by atoms with Crippen molar-refractivity contribution in [3.05, 3.63) is 26.4 Å². The number of halogens is 2. The molecule has 1 aromatic heterocycles. The van der Waals surface area contributed by atoms with Crippen molar-refractivity contribution in [3.8, 4) is 0 Å². The highest BCUT2D eigenvalue weighted by atomic mass is 79.9. The topological polar surface area (TPSA) is 0 Å². The van der Waals surface area contributed by atoms with Gasteiger partial charge in [0.1, 0.15) is 0 Å². The minimum Gasteiger partial charge on any atom is -0.143 e. The molecule has 0 atom stereocenters. The van der Waals surface area contributed by atoms with Gasteiger partial charge in [0.15, 0.2) is 0 Å². The Morgan fingerprint density at radius 2 is 2.50 bits per heavy atom. The van der Waals surface area contributed by atoms with E-state index < -0.39 is 0 Å². The third kappa shape index (κ3) is 2.92.